The first-order chi connectivity index (χ1) is 14.4. The summed E-state index contributed by atoms with van der Waals surface area (Å²) in [4.78, 5) is 36.3. The van der Waals surface area contributed by atoms with E-state index in [4.69, 9.17) is 10.2 Å². The zero-order valence-electron chi connectivity index (χ0n) is 17.3. The van der Waals surface area contributed by atoms with Gasteiger partial charge in [0.2, 0.25) is 5.91 Å². The lowest BCUT2D eigenvalue weighted by atomic mass is 9.76. The standard InChI is InChI=1S/C22H28N4O4/c1-24-21(28)18(14-6-4-3-5-7-14)16-12-17(30-19(16)20(23)27)13-8-10-15(11-9-13)26-22(29)25-2/h8-12,14,18H,3-7H2,1-2H3,(H2,23,27)(H,24,28)(H2,25,26,29)/t18-/m0/s1. The maximum Gasteiger partial charge on any atom is 0.318 e. The van der Waals surface area contributed by atoms with Crippen molar-refractivity contribution in [3.05, 3.63) is 41.7 Å². The molecule has 1 aromatic heterocycles. The highest BCUT2D eigenvalue weighted by molar-refractivity contribution is 5.95. The van der Waals surface area contributed by atoms with Gasteiger partial charge in [-0.25, -0.2) is 4.79 Å². The fraction of sp³-hybridized carbons (Fsp3) is 0.409. The van der Waals surface area contributed by atoms with Gasteiger partial charge in [-0.1, -0.05) is 19.3 Å². The first kappa shape index (κ1) is 21.4. The van der Waals surface area contributed by atoms with Gasteiger partial charge in [0.25, 0.3) is 5.91 Å². The average Bonchev–Trinajstić information content (AvgIpc) is 3.20. The molecular formula is C22H28N4O4. The third kappa shape index (κ3) is 4.64. The minimum atomic E-state index is -0.695. The molecular weight excluding hydrogens is 384 g/mol. The van der Waals surface area contributed by atoms with Gasteiger partial charge >= 0.3 is 6.03 Å². The van der Waals surface area contributed by atoms with Crippen molar-refractivity contribution in [2.24, 2.45) is 11.7 Å². The fourth-order valence-electron chi connectivity index (χ4n) is 4.11. The Morgan fingerprint density at radius 2 is 1.70 bits per heavy atom. The number of furan rings is 1. The molecule has 1 atom stereocenters. The van der Waals surface area contributed by atoms with E-state index in [0.29, 0.717) is 22.6 Å². The summed E-state index contributed by atoms with van der Waals surface area (Å²) in [6.07, 6.45) is 5.14. The Kier molecular flexibility index (Phi) is 6.76. The Balaban J connectivity index is 1.96. The largest absolute Gasteiger partial charge is 0.451 e. The topological polar surface area (TPSA) is 126 Å². The minimum Gasteiger partial charge on any atom is -0.451 e. The molecule has 0 spiro atoms. The summed E-state index contributed by atoms with van der Waals surface area (Å²) in [5.41, 5.74) is 7.46. The highest BCUT2D eigenvalue weighted by Gasteiger charge is 2.35. The normalized spacial score (nSPS) is 15.3. The number of carbonyl (C=O) groups is 3. The predicted molar refractivity (Wildman–Crippen MR) is 114 cm³/mol. The van der Waals surface area contributed by atoms with E-state index in [1.54, 1.807) is 37.4 Å². The van der Waals surface area contributed by atoms with Gasteiger partial charge in [0.1, 0.15) is 5.76 Å². The fourth-order valence-corrected chi connectivity index (χ4v) is 4.11. The van der Waals surface area contributed by atoms with Gasteiger partial charge < -0.3 is 26.1 Å². The molecule has 3 rings (SSSR count). The summed E-state index contributed by atoms with van der Waals surface area (Å²) in [5.74, 6) is -0.696. The Hall–Kier alpha value is -3.29. The molecule has 1 aliphatic carbocycles. The lowest BCUT2D eigenvalue weighted by Crippen LogP contribution is -2.33. The number of primary amides is 1. The number of anilines is 1. The van der Waals surface area contributed by atoms with Crippen molar-refractivity contribution in [3.63, 3.8) is 0 Å². The lowest BCUT2D eigenvalue weighted by molar-refractivity contribution is -0.123. The molecule has 2 aromatic rings. The summed E-state index contributed by atoms with van der Waals surface area (Å²) in [7, 11) is 3.13. The van der Waals surface area contributed by atoms with Crippen LogP contribution in [-0.2, 0) is 4.79 Å². The van der Waals surface area contributed by atoms with Crippen LogP contribution in [0.2, 0.25) is 0 Å². The SMILES string of the molecule is CNC(=O)Nc1ccc(-c2cc([C@@H](C(=O)NC)C3CCCCC3)c(C(N)=O)o2)cc1. The Bertz CT molecular complexity index is 914. The molecule has 0 unspecified atom stereocenters. The summed E-state index contributed by atoms with van der Waals surface area (Å²) in [5, 5.41) is 7.89. The summed E-state index contributed by atoms with van der Waals surface area (Å²) in [6.45, 7) is 0. The minimum absolute atomic E-state index is 0.0248. The monoisotopic (exact) mass is 412 g/mol. The number of hydrogen-bond acceptors (Lipinski definition) is 4. The number of hydrogen-bond donors (Lipinski definition) is 4. The van der Waals surface area contributed by atoms with Gasteiger partial charge in [-0.15, -0.1) is 0 Å². The Morgan fingerprint density at radius 3 is 2.27 bits per heavy atom. The Morgan fingerprint density at radius 1 is 1.03 bits per heavy atom. The van der Waals surface area contributed by atoms with Crippen LogP contribution in [0, 0.1) is 5.92 Å². The first-order valence-electron chi connectivity index (χ1n) is 10.2. The molecule has 160 valence electrons. The van der Waals surface area contributed by atoms with Crippen LogP contribution in [-0.4, -0.2) is 31.9 Å². The van der Waals surface area contributed by atoms with E-state index in [0.717, 1.165) is 32.1 Å². The molecule has 1 saturated carbocycles. The number of benzene rings is 1. The number of likely N-dealkylation sites (N-methyl/N-ethyl adjacent to an activating group) is 1. The van der Waals surface area contributed by atoms with Gasteiger partial charge in [0, 0.05) is 30.9 Å². The van der Waals surface area contributed by atoms with Crippen LogP contribution in [0.1, 0.15) is 54.1 Å². The second-order valence-corrected chi connectivity index (χ2v) is 7.53. The molecule has 1 aliphatic rings. The molecule has 0 saturated heterocycles. The van der Waals surface area contributed by atoms with E-state index in [1.807, 2.05) is 0 Å². The van der Waals surface area contributed by atoms with E-state index in [1.165, 1.54) is 7.05 Å². The van der Waals surface area contributed by atoms with Gasteiger partial charge in [-0.05, 0) is 49.1 Å². The number of urea groups is 1. The third-order valence-electron chi connectivity index (χ3n) is 5.62. The van der Waals surface area contributed by atoms with Crippen LogP contribution in [0.15, 0.2) is 34.7 Å². The smallest absolute Gasteiger partial charge is 0.318 e. The predicted octanol–water partition coefficient (Wildman–Crippen LogP) is 3.21. The molecule has 0 bridgehead atoms. The van der Waals surface area contributed by atoms with Crippen molar-refractivity contribution in [1.29, 1.82) is 0 Å². The molecule has 5 N–H and O–H groups in total. The zero-order valence-corrected chi connectivity index (χ0v) is 17.3. The second-order valence-electron chi connectivity index (χ2n) is 7.53. The van der Waals surface area contributed by atoms with E-state index in [-0.39, 0.29) is 23.6 Å². The van der Waals surface area contributed by atoms with Crippen molar-refractivity contribution in [2.75, 3.05) is 19.4 Å². The van der Waals surface area contributed by atoms with Crippen LogP contribution in [0.25, 0.3) is 11.3 Å². The molecule has 1 heterocycles. The van der Waals surface area contributed by atoms with Crippen LogP contribution in [0.5, 0.6) is 0 Å². The van der Waals surface area contributed by atoms with Gasteiger partial charge in [-0.2, -0.15) is 0 Å². The molecule has 1 aromatic carbocycles. The molecule has 8 heteroatoms. The third-order valence-corrected chi connectivity index (χ3v) is 5.62. The second kappa shape index (κ2) is 9.47. The van der Waals surface area contributed by atoms with Gasteiger partial charge in [0.05, 0.1) is 5.92 Å². The summed E-state index contributed by atoms with van der Waals surface area (Å²) in [6, 6.07) is 8.43. The highest BCUT2D eigenvalue weighted by Crippen LogP contribution is 2.40. The summed E-state index contributed by atoms with van der Waals surface area (Å²) >= 11 is 0. The average molecular weight is 412 g/mol. The van der Waals surface area contributed by atoms with Crippen molar-refractivity contribution in [1.82, 2.24) is 10.6 Å². The van der Waals surface area contributed by atoms with Gasteiger partial charge in [0.15, 0.2) is 5.76 Å². The number of nitrogens with one attached hydrogen (secondary N) is 3. The molecule has 1 fully saturated rings. The van der Waals surface area contributed by atoms with Crippen molar-refractivity contribution < 1.29 is 18.8 Å². The van der Waals surface area contributed by atoms with E-state index in [2.05, 4.69) is 16.0 Å². The Labute approximate surface area is 175 Å². The maximum atomic E-state index is 12.8. The zero-order chi connectivity index (χ0) is 21.7. The first-order valence-corrected chi connectivity index (χ1v) is 10.2. The molecule has 4 amide bonds. The van der Waals surface area contributed by atoms with Crippen LogP contribution in [0.4, 0.5) is 10.5 Å². The molecule has 0 radical (unpaired) electrons. The summed E-state index contributed by atoms with van der Waals surface area (Å²) < 4.78 is 5.82. The van der Waals surface area contributed by atoms with Crippen molar-refractivity contribution >= 4 is 23.5 Å². The van der Waals surface area contributed by atoms with E-state index in [9.17, 15) is 14.4 Å². The quantitative estimate of drug-likeness (QED) is 0.581. The highest BCUT2D eigenvalue weighted by atomic mass is 16.4. The molecule has 8 nitrogen and oxygen atoms in total. The molecule has 0 aliphatic heterocycles. The number of nitrogens with two attached hydrogens (primary N) is 1. The van der Waals surface area contributed by atoms with Gasteiger partial charge in [-0.3, -0.25) is 9.59 Å². The van der Waals surface area contributed by atoms with Crippen molar-refractivity contribution in [2.45, 2.75) is 38.0 Å². The van der Waals surface area contributed by atoms with Crippen molar-refractivity contribution in [3.8, 4) is 11.3 Å². The lowest BCUT2D eigenvalue weighted by Gasteiger charge is -2.28. The number of carbonyl (C=O) groups excluding carboxylic acids is 3. The molecule has 30 heavy (non-hydrogen) atoms. The van der Waals surface area contributed by atoms with Crippen LogP contribution < -0.4 is 21.7 Å². The van der Waals surface area contributed by atoms with E-state index < -0.39 is 11.8 Å². The maximum absolute atomic E-state index is 12.8. The number of rotatable bonds is 6. The van der Waals surface area contributed by atoms with E-state index >= 15 is 0 Å². The van der Waals surface area contributed by atoms with Crippen LogP contribution >= 0.6 is 0 Å². The number of amides is 4. The van der Waals surface area contributed by atoms with Crippen LogP contribution in [0.3, 0.4) is 0 Å².